The Hall–Kier alpha value is -1.40. The molecule has 0 unspecified atom stereocenters. The molecule has 2 aromatic rings. The van der Waals surface area contributed by atoms with Crippen molar-refractivity contribution in [3.8, 4) is 0 Å². The quantitative estimate of drug-likeness (QED) is 0.834. The fourth-order valence-corrected chi connectivity index (χ4v) is 1.58. The summed E-state index contributed by atoms with van der Waals surface area (Å²) in [4.78, 5) is 0. The molecule has 16 heavy (non-hydrogen) atoms. The molecule has 0 amide bonds. The van der Waals surface area contributed by atoms with E-state index in [1.165, 1.54) is 6.26 Å². The number of anilines is 2. The second-order valence-corrected chi connectivity index (χ2v) is 4.29. The predicted molar refractivity (Wildman–Crippen MR) is 70.5 cm³/mol. The molecule has 6 heteroatoms. The minimum absolute atomic E-state index is 0.469. The SMILES string of the molecule is S=C(Nc1ccc(Br)cc1)Nc1ccon1. The standard InChI is InChI=1S/C10H8BrN3OS/c11-7-1-3-8(4-2-7)12-10(16)13-9-5-6-15-14-9/h1-6H,(H2,12,13,14,16). The van der Waals surface area contributed by atoms with Crippen molar-refractivity contribution in [2.45, 2.75) is 0 Å². The van der Waals surface area contributed by atoms with Gasteiger partial charge in [0.1, 0.15) is 6.26 Å². The van der Waals surface area contributed by atoms with Crippen LogP contribution in [-0.2, 0) is 0 Å². The van der Waals surface area contributed by atoms with E-state index in [1.54, 1.807) is 6.07 Å². The van der Waals surface area contributed by atoms with Gasteiger partial charge in [-0.15, -0.1) is 0 Å². The Bertz CT molecular complexity index is 469. The average Bonchev–Trinajstić information content (AvgIpc) is 2.74. The molecule has 0 aliphatic carbocycles. The van der Waals surface area contributed by atoms with E-state index in [4.69, 9.17) is 12.2 Å². The highest BCUT2D eigenvalue weighted by Gasteiger charge is 2.00. The molecule has 0 saturated carbocycles. The minimum Gasteiger partial charge on any atom is -0.363 e. The molecule has 0 spiro atoms. The van der Waals surface area contributed by atoms with E-state index in [2.05, 4.69) is 36.2 Å². The van der Waals surface area contributed by atoms with Gasteiger partial charge in [-0.25, -0.2) is 0 Å². The summed E-state index contributed by atoms with van der Waals surface area (Å²) in [5.74, 6) is 0.578. The van der Waals surface area contributed by atoms with Gasteiger partial charge in [0.05, 0.1) is 0 Å². The van der Waals surface area contributed by atoms with Crippen LogP contribution in [0.4, 0.5) is 11.5 Å². The molecule has 1 heterocycles. The lowest BCUT2D eigenvalue weighted by Crippen LogP contribution is -2.19. The molecule has 82 valence electrons. The zero-order valence-electron chi connectivity index (χ0n) is 8.11. The zero-order chi connectivity index (χ0) is 11.4. The van der Waals surface area contributed by atoms with Gasteiger partial charge in [0.25, 0.3) is 0 Å². The minimum atomic E-state index is 0.469. The maximum absolute atomic E-state index is 5.10. The second-order valence-electron chi connectivity index (χ2n) is 2.97. The zero-order valence-corrected chi connectivity index (χ0v) is 10.5. The Morgan fingerprint density at radius 2 is 1.94 bits per heavy atom. The number of hydrogen-bond donors (Lipinski definition) is 2. The summed E-state index contributed by atoms with van der Waals surface area (Å²) in [7, 11) is 0. The van der Waals surface area contributed by atoms with Gasteiger partial charge in [0, 0.05) is 16.2 Å². The summed E-state index contributed by atoms with van der Waals surface area (Å²) in [6.45, 7) is 0. The van der Waals surface area contributed by atoms with Gasteiger partial charge < -0.3 is 15.2 Å². The van der Waals surface area contributed by atoms with E-state index >= 15 is 0 Å². The van der Waals surface area contributed by atoms with Crippen molar-refractivity contribution in [2.24, 2.45) is 0 Å². The highest BCUT2D eigenvalue weighted by molar-refractivity contribution is 9.10. The van der Waals surface area contributed by atoms with Crippen LogP contribution in [0.2, 0.25) is 0 Å². The highest BCUT2D eigenvalue weighted by atomic mass is 79.9. The van der Waals surface area contributed by atoms with Crippen LogP contribution in [0.25, 0.3) is 0 Å². The van der Waals surface area contributed by atoms with Crippen LogP contribution in [0.3, 0.4) is 0 Å². The van der Waals surface area contributed by atoms with Crippen LogP contribution in [0.15, 0.2) is 45.6 Å². The fourth-order valence-electron chi connectivity index (χ4n) is 1.09. The van der Waals surface area contributed by atoms with Crippen LogP contribution >= 0.6 is 28.1 Å². The molecular weight excluding hydrogens is 290 g/mol. The molecule has 0 atom stereocenters. The third-order valence-electron chi connectivity index (χ3n) is 1.78. The van der Waals surface area contributed by atoms with Gasteiger partial charge in [-0.2, -0.15) is 0 Å². The van der Waals surface area contributed by atoms with Crippen molar-refractivity contribution in [3.05, 3.63) is 41.1 Å². The molecule has 4 nitrogen and oxygen atoms in total. The van der Waals surface area contributed by atoms with E-state index in [0.29, 0.717) is 10.9 Å². The molecule has 1 aromatic carbocycles. The molecule has 2 N–H and O–H groups in total. The first-order valence-corrected chi connectivity index (χ1v) is 5.68. The van der Waals surface area contributed by atoms with Gasteiger partial charge in [0.15, 0.2) is 10.9 Å². The van der Waals surface area contributed by atoms with Crippen LogP contribution < -0.4 is 10.6 Å². The van der Waals surface area contributed by atoms with Crippen LogP contribution in [0, 0.1) is 0 Å². The van der Waals surface area contributed by atoms with E-state index < -0.39 is 0 Å². The predicted octanol–water partition coefficient (Wildman–Crippen LogP) is 3.25. The Labute approximate surface area is 106 Å². The summed E-state index contributed by atoms with van der Waals surface area (Å²) < 4.78 is 5.70. The molecular formula is C10H8BrN3OS. The fraction of sp³-hybridized carbons (Fsp3) is 0. The summed E-state index contributed by atoms with van der Waals surface area (Å²) in [6.07, 6.45) is 1.48. The molecule has 0 fully saturated rings. The molecule has 1 aromatic heterocycles. The van der Waals surface area contributed by atoms with Crippen molar-refractivity contribution in [3.63, 3.8) is 0 Å². The van der Waals surface area contributed by atoms with Crippen molar-refractivity contribution in [1.29, 1.82) is 0 Å². The van der Waals surface area contributed by atoms with Gasteiger partial charge in [0.2, 0.25) is 0 Å². The second kappa shape index (κ2) is 5.09. The smallest absolute Gasteiger partial charge is 0.176 e. The Balaban J connectivity index is 1.95. The van der Waals surface area contributed by atoms with Gasteiger partial charge in [-0.1, -0.05) is 21.1 Å². The normalized spacial score (nSPS) is 9.81. The Kier molecular flexibility index (Phi) is 3.53. The van der Waals surface area contributed by atoms with Gasteiger partial charge >= 0.3 is 0 Å². The number of halogens is 1. The van der Waals surface area contributed by atoms with E-state index in [-0.39, 0.29) is 0 Å². The van der Waals surface area contributed by atoms with Crippen LogP contribution in [0.1, 0.15) is 0 Å². The summed E-state index contributed by atoms with van der Waals surface area (Å²) in [5.41, 5.74) is 0.907. The summed E-state index contributed by atoms with van der Waals surface area (Å²) >= 11 is 8.46. The maximum Gasteiger partial charge on any atom is 0.176 e. The van der Waals surface area contributed by atoms with Crippen molar-refractivity contribution >= 4 is 44.8 Å². The average molecular weight is 298 g/mol. The largest absolute Gasteiger partial charge is 0.363 e. The van der Waals surface area contributed by atoms with Crippen molar-refractivity contribution in [1.82, 2.24) is 5.16 Å². The Morgan fingerprint density at radius 3 is 2.56 bits per heavy atom. The maximum atomic E-state index is 5.10. The Morgan fingerprint density at radius 1 is 1.19 bits per heavy atom. The summed E-state index contributed by atoms with van der Waals surface area (Å²) in [6, 6.07) is 9.39. The van der Waals surface area contributed by atoms with Gasteiger partial charge in [-0.05, 0) is 36.5 Å². The molecule has 0 aliphatic heterocycles. The number of nitrogens with one attached hydrogen (secondary N) is 2. The van der Waals surface area contributed by atoms with E-state index in [9.17, 15) is 0 Å². The van der Waals surface area contributed by atoms with Gasteiger partial charge in [-0.3, -0.25) is 0 Å². The number of benzene rings is 1. The van der Waals surface area contributed by atoms with E-state index in [1.807, 2.05) is 24.3 Å². The molecule has 2 rings (SSSR count). The lowest BCUT2D eigenvalue weighted by atomic mass is 10.3. The van der Waals surface area contributed by atoms with E-state index in [0.717, 1.165) is 10.2 Å². The van der Waals surface area contributed by atoms with Crippen molar-refractivity contribution in [2.75, 3.05) is 10.6 Å². The lowest BCUT2D eigenvalue weighted by Gasteiger charge is -2.07. The first-order chi connectivity index (χ1) is 7.74. The number of rotatable bonds is 2. The third-order valence-corrected chi connectivity index (χ3v) is 2.51. The van der Waals surface area contributed by atoms with Crippen molar-refractivity contribution < 1.29 is 4.52 Å². The summed E-state index contributed by atoms with van der Waals surface area (Å²) in [5, 5.41) is 10.1. The topological polar surface area (TPSA) is 50.1 Å². The van der Waals surface area contributed by atoms with Crippen LogP contribution in [-0.4, -0.2) is 10.3 Å². The number of thiocarbonyl (C=S) groups is 1. The van der Waals surface area contributed by atoms with Crippen LogP contribution in [0.5, 0.6) is 0 Å². The molecule has 0 saturated heterocycles. The monoisotopic (exact) mass is 297 g/mol. The first-order valence-electron chi connectivity index (χ1n) is 4.48. The third kappa shape index (κ3) is 3.04. The lowest BCUT2D eigenvalue weighted by molar-refractivity contribution is 0.423. The molecule has 0 bridgehead atoms. The first kappa shape index (κ1) is 11.1. The number of nitrogens with zero attached hydrogens (tertiary/aromatic N) is 1. The number of aromatic nitrogens is 1. The highest BCUT2D eigenvalue weighted by Crippen LogP contribution is 2.14. The molecule has 0 aliphatic rings. The number of hydrogen-bond acceptors (Lipinski definition) is 3. The molecule has 0 radical (unpaired) electrons.